The molecule has 0 saturated carbocycles. The van der Waals surface area contributed by atoms with Crippen molar-refractivity contribution in [3.05, 3.63) is 99.2 Å². The molecule has 0 atom stereocenters. The lowest BCUT2D eigenvalue weighted by molar-refractivity contribution is -0.342. The summed E-state index contributed by atoms with van der Waals surface area (Å²) in [5.74, 6) is -0.370. The van der Waals surface area contributed by atoms with E-state index in [1.54, 1.807) is 12.1 Å². The Hall–Kier alpha value is -3.34. The number of carbonyl (C=O) groups is 1. The summed E-state index contributed by atoms with van der Waals surface area (Å²) in [6.07, 6.45) is 3.96. The molecular formula is C25H17Cl2N2O2+. The van der Waals surface area contributed by atoms with Gasteiger partial charge in [-0.2, -0.15) is 0 Å². The van der Waals surface area contributed by atoms with E-state index in [0.717, 1.165) is 44.4 Å². The van der Waals surface area contributed by atoms with Gasteiger partial charge in [-0.1, -0.05) is 35.3 Å². The highest BCUT2D eigenvalue weighted by atomic mass is 35.5. The molecule has 1 aliphatic rings. The van der Waals surface area contributed by atoms with E-state index in [4.69, 9.17) is 27.9 Å². The predicted molar refractivity (Wildman–Crippen MR) is 125 cm³/mol. The van der Waals surface area contributed by atoms with Gasteiger partial charge in [-0.3, -0.25) is 0 Å². The second kappa shape index (κ2) is 7.73. The summed E-state index contributed by atoms with van der Waals surface area (Å²) in [6, 6.07) is 18.9. The summed E-state index contributed by atoms with van der Waals surface area (Å²) in [4.78, 5) is 18.6. The van der Waals surface area contributed by atoms with Crippen molar-refractivity contribution in [2.75, 3.05) is 7.11 Å². The minimum Gasteiger partial charge on any atom is -0.465 e. The molecule has 0 saturated heterocycles. The summed E-state index contributed by atoms with van der Waals surface area (Å²) in [5, 5.41) is 2.34. The van der Waals surface area contributed by atoms with E-state index in [1.165, 1.54) is 7.11 Å². The lowest BCUT2D eigenvalue weighted by Gasteiger charge is -2.11. The van der Waals surface area contributed by atoms with Crippen molar-refractivity contribution in [2.45, 2.75) is 0 Å². The Morgan fingerprint density at radius 1 is 0.935 bits per heavy atom. The van der Waals surface area contributed by atoms with Gasteiger partial charge in [0.15, 0.2) is 6.21 Å². The van der Waals surface area contributed by atoms with Crippen LogP contribution in [0.1, 0.15) is 27.0 Å². The highest BCUT2D eigenvalue weighted by Crippen LogP contribution is 2.39. The molecule has 152 valence electrons. The minimum atomic E-state index is -0.370. The minimum absolute atomic E-state index is 0.370. The molecule has 0 amide bonds. The zero-order valence-electron chi connectivity index (χ0n) is 16.5. The fraction of sp³-hybridized carbons (Fsp3) is 0.0400. The molecule has 4 aromatic rings. The van der Waals surface area contributed by atoms with Crippen LogP contribution in [0, 0.1) is 0 Å². The van der Waals surface area contributed by atoms with Crippen LogP contribution in [-0.2, 0) is 4.74 Å². The van der Waals surface area contributed by atoms with Crippen molar-refractivity contribution in [1.29, 1.82) is 0 Å². The van der Waals surface area contributed by atoms with Crippen LogP contribution in [0.3, 0.4) is 0 Å². The first-order valence-corrected chi connectivity index (χ1v) is 10.4. The van der Waals surface area contributed by atoms with Gasteiger partial charge >= 0.3 is 5.97 Å². The average molecular weight is 448 g/mol. The number of fused-ring (bicyclic) bond motifs is 2. The van der Waals surface area contributed by atoms with Crippen molar-refractivity contribution >= 4 is 63.1 Å². The number of ether oxygens (including phenoxy) is 1. The molecule has 1 aliphatic heterocycles. The maximum atomic E-state index is 11.9. The zero-order valence-corrected chi connectivity index (χ0v) is 18.0. The van der Waals surface area contributed by atoms with E-state index in [9.17, 15) is 4.79 Å². The van der Waals surface area contributed by atoms with Crippen molar-refractivity contribution in [3.8, 4) is 0 Å². The number of methoxy groups -OCH3 is 1. The van der Waals surface area contributed by atoms with Crippen LogP contribution in [0.2, 0.25) is 10.0 Å². The summed E-state index contributed by atoms with van der Waals surface area (Å²) in [6.45, 7) is 0. The largest absolute Gasteiger partial charge is 0.465 e. The number of halogens is 2. The molecule has 5 rings (SSSR count). The van der Waals surface area contributed by atoms with Crippen molar-refractivity contribution in [1.82, 2.24) is 4.98 Å². The molecule has 2 heterocycles. The van der Waals surface area contributed by atoms with Gasteiger partial charge in [0.1, 0.15) is 0 Å². The number of aromatic nitrogens is 1. The highest BCUT2D eigenvalue weighted by molar-refractivity contribution is 6.32. The molecule has 4 nitrogen and oxygen atoms in total. The Labute approximate surface area is 188 Å². The smallest absolute Gasteiger partial charge is 0.337 e. The Kier molecular flexibility index (Phi) is 4.89. The van der Waals surface area contributed by atoms with Crippen LogP contribution in [-0.4, -0.2) is 24.3 Å². The van der Waals surface area contributed by atoms with Crippen LogP contribution in [0.4, 0.5) is 5.69 Å². The fourth-order valence-electron chi connectivity index (χ4n) is 3.95. The van der Waals surface area contributed by atoms with Gasteiger partial charge in [0.25, 0.3) is 0 Å². The molecule has 0 radical (unpaired) electrons. The van der Waals surface area contributed by atoms with Crippen LogP contribution < -0.4 is 4.99 Å². The molecule has 0 fully saturated rings. The van der Waals surface area contributed by atoms with Crippen LogP contribution >= 0.6 is 23.2 Å². The molecule has 2 N–H and O–H groups in total. The van der Waals surface area contributed by atoms with Crippen LogP contribution in [0.25, 0.3) is 22.0 Å². The van der Waals surface area contributed by atoms with E-state index in [1.807, 2.05) is 60.9 Å². The molecule has 6 heteroatoms. The van der Waals surface area contributed by atoms with E-state index < -0.39 is 0 Å². The fourth-order valence-corrected chi connectivity index (χ4v) is 4.29. The standard InChI is InChI=1S/C25H16Cl2N2O2/c1-31-25(30)15-4-2-14(3-5-15)24(20-12-28-22-8-6-16(26)10-18(20)22)21-13-29-23-9-7-17(27)11-19(21)23/h2-13,28H,1H3/p+1/b24-21+. The summed E-state index contributed by atoms with van der Waals surface area (Å²) < 4.78 is 4.84. The number of rotatable bonds is 3. The summed E-state index contributed by atoms with van der Waals surface area (Å²) in [5.41, 5.74) is 7.44. The van der Waals surface area contributed by atoms with E-state index in [2.05, 4.69) is 9.98 Å². The highest BCUT2D eigenvalue weighted by Gasteiger charge is 2.25. The number of hydrogen-bond acceptors (Lipinski definition) is 2. The van der Waals surface area contributed by atoms with Gasteiger partial charge in [0, 0.05) is 44.3 Å². The van der Waals surface area contributed by atoms with Crippen LogP contribution in [0.15, 0.2) is 66.9 Å². The third kappa shape index (κ3) is 3.44. The number of nitrogens with one attached hydrogen (secondary N) is 2. The third-order valence-corrected chi connectivity index (χ3v) is 5.89. The number of esters is 1. The van der Waals surface area contributed by atoms with Crippen molar-refractivity contribution in [2.24, 2.45) is 0 Å². The lowest BCUT2D eigenvalue weighted by Crippen LogP contribution is -2.58. The molecule has 0 aliphatic carbocycles. The lowest BCUT2D eigenvalue weighted by atomic mass is 9.89. The Morgan fingerprint density at radius 2 is 1.65 bits per heavy atom. The number of allylic oxidation sites excluding steroid dienone is 1. The molecule has 0 unspecified atom stereocenters. The number of aromatic amines is 1. The Morgan fingerprint density at radius 3 is 2.42 bits per heavy atom. The molecule has 1 aromatic heterocycles. The van der Waals surface area contributed by atoms with Gasteiger partial charge in [-0.15, -0.1) is 0 Å². The summed E-state index contributed by atoms with van der Waals surface area (Å²) >= 11 is 12.6. The maximum absolute atomic E-state index is 11.9. The Bertz CT molecular complexity index is 1400. The summed E-state index contributed by atoms with van der Waals surface area (Å²) in [7, 11) is 1.37. The van der Waals surface area contributed by atoms with Crippen LogP contribution in [0.5, 0.6) is 0 Å². The number of carbonyl (C=O) groups excluding carboxylic acids is 1. The Balaban J connectivity index is 1.79. The molecule has 0 spiro atoms. The molecule has 0 bridgehead atoms. The second-order valence-corrected chi connectivity index (χ2v) is 8.10. The number of hydrogen-bond donors (Lipinski definition) is 2. The monoisotopic (exact) mass is 447 g/mol. The van der Waals surface area contributed by atoms with Crippen molar-refractivity contribution < 1.29 is 14.5 Å². The topological polar surface area (TPSA) is 56.1 Å². The molecular weight excluding hydrogens is 431 g/mol. The number of H-pyrrole nitrogens is 1. The predicted octanol–water partition coefficient (Wildman–Crippen LogP) is 5.02. The molecule has 31 heavy (non-hydrogen) atoms. The quantitative estimate of drug-likeness (QED) is 0.433. The first-order chi connectivity index (χ1) is 15.0. The van der Waals surface area contributed by atoms with Gasteiger partial charge in [0.2, 0.25) is 5.69 Å². The van der Waals surface area contributed by atoms with Gasteiger partial charge in [0.05, 0.1) is 23.8 Å². The second-order valence-electron chi connectivity index (χ2n) is 7.23. The van der Waals surface area contributed by atoms with Crippen molar-refractivity contribution in [3.63, 3.8) is 0 Å². The number of benzene rings is 3. The average Bonchev–Trinajstić information content (AvgIpc) is 3.38. The third-order valence-electron chi connectivity index (χ3n) is 5.42. The zero-order chi connectivity index (χ0) is 21.5. The first-order valence-electron chi connectivity index (χ1n) is 9.65. The normalized spacial score (nSPS) is 14.0. The van der Waals surface area contributed by atoms with E-state index >= 15 is 0 Å². The van der Waals surface area contributed by atoms with Gasteiger partial charge < -0.3 is 9.72 Å². The maximum Gasteiger partial charge on any atom is 0.337 e. The van der Waals surface area contributed by atoms with Gasteiger partial charge in [-0.25, -0.2) is 9.79 Å². The van der Waals surface area contributed by atoms with E-state index in [0.29, 0.717) is 15.6 Å². The van der Waals surface area contributed by atoms with E-state index in [-0.39, 0.29) is 5.97 Å². The molecule has 3 aromatic carbocycles. The van der Waals surface area contributed by atoms with Gasteiger partial charge in [-0.05, 0) is 48.0 Å². The SMILES string of the molecule is COC(=O)c1ccc(/C(=C2/C=[NH+]c3ccc(Cl)cc32)c2c[nH]c3ccc(Cl)cc23)cc1. The first kappa shape index (κ1) is 19.6.